The van der Waals surface area contributed by atoms with E-state index in [9.17, 15) is 19.4 Å². The average Bonchev–Trinajstić information content (AvgIpc) is 2.84. The van der Waals surface area contributed by atoms with Crippen molar-refractivity contribution in [3.63, 3.8) is 0 Å². The van der Waals surface area contributed by atoms with Crippen molar-refractivity contribution in [2.45, 2.75) is 54.6 Å². The zero-order chi connectivity index (χ0) is 29.5. The number of hydrogen-bond acceptors (Lipinski definition) is 8. The van der Waals surface area contributed by atoms with Gasteiger partial charge in [-0.3, -0.25) is 14.7 Å². The fourth-order valence-corrected chi connectivity index (χ4v) is 3.34. The van der Waals surface area contributed by atoms with E-state index in [4.69, 9.17) is 0 Å². The van der Waals surface area contributed by atoms with Crippen LogP contribution in [0.5, 0.6) is 0 Å². The van der Waals surface area contributed by atoms with Crippen LogP contribution in [0.25, 0.3) is 0 Å². The van der Waals surface area contributed by atoms with Gasteiger partial charge in [-0.15, -0.1) is 0 Å². The summed E-state index contributed by atoms with van der Waals surface area (Å²) in [5.74, 6) is -0.632. The Hall–Kier alpha value is -3.66. The van der Waals surface area contributed by atoms with Crippen LogP contribution in [0.1, 0.15) is 52.9 Å². The maximum absolute atomic E-state index is 13.3. The maximum Gasteiger partial charge on any atom is 3.00 e. The van der Waals surface area contributed by atoms with Crippen LogP contribution < -0.4 is 15.5 Å². The second-order valence-corrected chi connectivity index (χ2v) is 11.5. The van der Waals surface area contributed by atoms with Crippen molar-refractivity contribution >= 4 is 35.0 Å². The second-order valence-electron chi connectivity index (χ2n) is 11.5. The number of benzene rings is 1. The predicted molar refractivity (Wildman–Crippen MR) is 151 cm³/mol. The van der Waals surface area contributed by atoms with Gasteiger partial charge in [-0.05, 0) is 65.7 Å². The van der Waals surface area contributed by atoms with Crippen LogP contribution in [0.4, 0.5) is 21.7 Å². The molecule has 216 valence electrons. The Labute approximate surface area is 251 Å². The van der Waals surface area contributed by atoms with Gasteiger partial charge in [0.2, 0.25) is 5.91 Å². The zero-order valence-electron chi connectivity index (χ0n) is 24.1. The molecule has 0 fully saturated rings. The summed E-state index contributed by atoms with van der Waals surface area (Å²) in [5, 5.41) is 28.1. The van der Waals surface area contributed by atoms with E-state index in [1.54, 1.807) is 62.1 Å². The monoisotopic (exact) mass is 601 g/mol. The van der Waals surface area contributed by atoms with Crippen molar-refractivity contribution in [3.05, 3.63) is 77.9 Å². The van der Waals surface area contributed by atoms with E-state index >= 15 is 0 Å². The Kier molecular flexibility index (Phi) is 11.7. The molecule has 2 heterocycles. The summed E-state index contributed by atoms with van der Waals surface area (Å²) in [7, 11) is 0. The van der Waals surface area contributed by atoms with E-state index in [2.05, 4.69) is 25.3 Å². The molecule has 41 heavy (non-hydrogen) atoms. The first-order valence-electron chi connectivity index (χ1n) is 12.9. The van der Waals surface area contributed by atoms with Crippen LogP contribution in [-0.4, -0.2) is 39.1 Å². The summed E-state index contributed by atoms with van der Waals surface area (Å²) in [4.78, 5) is 31.5. The third-order valence-electron chi connectivity index (χ3n) is 5.59. The summed E-state index contributed by atoms with van der Waals surface area (Å²) in [6.45, 7) is 11.2. The number of carbonyl (C=O) groups excluding carboxylic acids is 1. The van der Waals surface area contributed by atoms with Gasteiger partial charge in [0.15, 0.2) is 5.82 Å². The third-order valence-corrected chi connectivity index (χ3v) is 5.59. The molecular weight excluding hydrogens is 566 g/mol. The number of carbonyl (C=O) groups is 1. The molecule has 0 aliphatic carbocycles. The number of amides is 1. The normalized spacial score (nSPS) is 12.7. The molecule has 0 aliphatic rings. The Morgan fingerprint density at radius 3 is 2.02 bits per heavy atom. The smallest absolute Gasteiger partial charge is 0.861 e. The fourth-order valence-electron chi connectivity index (χ4n) is 3.34. The molecule has 3 rings (SSSR count). The molecule has 2 aromatic heterocycles. The van der Waals surface area contributed by atoms with E-state index in [0.29, 0.717) is 22.9 Å². The Morgan fingerprint density at radius 1 is 0.854 bits per heavy atom. The second kappa shape index (κ2) is 14.3. The molecular formula is C30H35FMnN6O3+. The number of aliphatic imine (C=N–C) groups is 2. The standard InChI is InChI=1S/C30H37FN6O3.Mn/c1-29(2,3)27(39)35-24-11-7-9-22(32-24)17-37(19-26(38)34-21-15-13-20(31)14-16-21)18-23-10-8-12-25(33-23)36-28(40)30(4,5)6;/h7-16H,17-19H2,1-6H3,(H,34,38)(H,32,35,39)(H,33,36,40);/q;+3/p-2. The van der Waals surface area contributed by atoms with E-state index in [-0.39, 0.29) is 54.3 Å². The molecule has 1 N–H and O–H groups in total. The van der Waals surface area contributed by atoms with Crippen molar-refractivity contribution < 1.29 is 36.5 Å². The first-order chi connectivity index (χ1) is 18.7. The number of aromatic nitrogens is 2. The summed E-state index contributed by atoms with van der Waals surface area (Å²) >= 11 is 0. The molecule has 0 atom stereocenters. The average molecular weight is 602 g/mol. The van der Waals surface area contributed by atoms with Gasteiger partial charge < -0.3 is 15.5 Å². The number of nitrogens with one attached hydrogen (secondary N) is 1. The van der Waals surface area contributed by atoms with Crippen molar-refractivity contribution in [2.75, 3.05) is 11.9 Å². The maximum atomic E-state index is 13.3. The number of pyridine rings is 2. The number of rotatable bonds is 9. The molecule has 1 aromatic carbocycles. The van der Waals surface area contributed by atoms with Crippen molar-refractivity contribution in [2.24, 2.45) is 20.8 Å². The third kappa shape index (κ3) is 11.0. The zero-order valence-corrected chi connectivity index (χ0v) is 25.3. The summed E-state index contributed by atoms with van der Waals surface area (Å²) in [6, 6.07) is 15.8. The van der Waals surface area contributed by atoms with Crippen LogP contribution in [-0.2, 0) is 35.0 Å². The van der Waals surface area contributed by atoms with Crippen molar-refractivity contribution in [1.82, 2.24) is 14.9 Å². The molecule has 3 aromatic rings. The minimum Gasteiger partial charge on any atom is -0.861 e. The Morgan fingerprint density at radius 2 is 1.44 bits per heavy atom. The quantitative estimate of drug-likeness (QED) is 0.223. The van der Waals surface area contributed by atoms with Crippen molar-refractivity contribution in [3.8, 4) is 0 Å². The molecule has 0 radical (unpaired) electrons. The first kappa shape index (κ1) is 33.5. The van der Waals surface area contributed by atoms with Gasteiger partial charge in [0, 0.05) is 25.0 Å². The molecule has 0 spiro atoms. The van der Waals surface area contributed by atoms with Crippen LogP contribution in [0.2, 0.25) is 0 Å². The van der Waals surface area contributed by atoms with Crippen LogP contribution in [0.15, 0.2) is 70.6 Å². The van der Waals surface area contributed by atoms with Crippen LogP contribution in [0.3, 0.4) is 0 Å². The summed E-state index contributed by atoms with van der Waals surface area (Å²) in [6.07, 6.45) is 0. The van der Waals surface area contributed by atoms with Crippen molar-refractivity contribution in [1.29, 1.82) is 0 Å². The molecule has 9 nitrogen and oxygen atoms in total. The van der Waals surface area contributed by atoms with E-state index in [1.807, 2.05) is 20.8 Å². The van der Waals surface area contributed by atoms with Gasteiger partial charge in [0.05, 0.1) is 17.1 Å². The minimum absolute atomic E-state index is 0. The van der Waals surface area contributed by atoms with Gasteiger partial charge in [-0.1, -0.05) is 53.7 Å². The minimum atomic E-state index is -0.642. The van der Waals surface area contributed by atoms with Gasteiger partial charge in [0.25, 0.3) is 0 Å². The van der Waals surface area contributed by atoms with Crippen LogP contribution in [0, 0.1) is 16.6 Å². The number of nitrogens with zero attached hydrogens (tertiary/aromatic N) is 5. The summed E-state index contributed by atoms with van der Waals surface area (Å²) in [5.41, 5.74) is 0.321. The van der Waals surface area contributed by atoms with Gasteiger partial charge in [-0.25, -0.2) is 19.4 Å². The topological polar surface area (TPSA) is 129 Å². The van der Waals surface area contributed by atoms with Crippen LogP contribution >= 0.6 is 0 Å². The molecule has 0 bridgehead atoms. The van der Waals surface area contributed by atoms with E-state index in [0.717, 1.165) is 0 Å². The predicted octanol–water partition coefficient (Wildman–Crippen LogP) is 4.13. The largest absolute Gasteiger partial charge is 3.00 e. The number of anilines is 1. The molecule has 0 saturated heterocycles. The SMILES string of the molecule is CC(C)(C)C(=O)Nc1cccc(CN(CC([O-])=Nc2ccc(F)cc2)Cc2cccc(/N=C(\[O-])C(C)(C)C)n2)n1.[Mn+3]. The van der Waals surface area contributed by atoms with E-state index < -0.39 is 22.5 Å². The molecule has 0 saturated carbocycles. The molecule has 0 aliphatic heterocycles. The molecule has 1 amide bonds. The Bertz CT molecular complexity index is 1380. The van der Waals surface area contributed by atoms with Gasteiger partial charge in [0.1, 0.15) is 11.6 Å². The number of halogens is 1. The molecule has 0 unspecified atom stereocenters. The van der Waals surface area contributed by atoms with Gasteiger partial charge >= 0.3 is 17.1 Å². The summed E-state index contributed by atoms with van der Waals surface area (Å²) < 4.78 is 13.3. The van der Waals surface area contributed by atoms with E-state index in [1.165, 1.54) is 24.3 Å². The molecule has 11 heteroatoms. The fraction of sp³-hybridized carbons (Fsp3) is 0.367. The van der Waals surface area contributed by atoms with Gasteiger partial charge in [-0.2, -0.15) is 0 Å². The number of hydrogen-bond donors (Lipinski definition) is 1. The Balaban J connectivity index is 0.00000588. The first-order valence-corrected chi connectivity index (χ1v) is 12.9.